The average Bonchev–Trinajstić information content (AvgIpc) is 2.79. The molecule has 2 N–H and O–H groups in total. The number of rotatable bonds is 3. The monoisotopic (exact) mass is 274 g/mol. The van der Waals surface area contributed by atoms with Crippen LogP contribution in [-0.4, -0.2) is 12.0 Å². The Morgan fingerprint density at radius 2 is 2.05 bits per heavy atom. The van der Waals surface area contributed by atoms with Gasteiger partial charge in [-0.3, -0.25) is 4.98 Å². The van der Waals surface area contributed by atoms with E-state index in [0.29, 0.717) is 11.6 Å². The molecule has 0 saturated heterocycles. The van der Waals surface area contributed by atoms with E-state index >= 15 is 0 Å². The van der Waals surface area contributed by atoms with Crippen molar-refractivity contribution in [3.8, 4) is 0 Å². The second-order valence-electron chi connectivity index (χ2n) is 6.21. The lowest BCUT2D eigenvalue weighted by atomic mass is 9.68. The van der Waals surface area contributed by atoms with Crippen molar-refractivity contribution in [1.82, 2.24) is 10.3 Å². The van der Waals surface area contributed by atoms with Crippen LogP contribution < -0.4 is 11.1 Å². The largest absolute Gasteiger partial charge is 0.417 e. The van der Waals surface area contributed by atoms with Crippen molar-refractivity contribution in [2.24, 2.45) is 5.41 Å². The Kier molecular flexibility index (Phi) is 3.42. The van der Waals surface area contributed by atoms with Gasteiger partial charge in [0.15, 0.2) is 5.58 Å². The number of aromatic amines is 1. The summed E-state index contributed by atoms with van der Waals surface area (Å²) in [5.74, 6) is -0.387. The van der Waals surface area contributed by atoms with Gasteiger partial charge in [-0.2, -0.15) is 0 Å². The summed E-state index contributed by atoms with van der Waals surface area (Å²) in [7, 11) is 2.02. The summed E-state index contributed by atoms with van der Waals surface area (Å²) in [6.45, 7) is 2.37. The van der Waals surface area contributed by atoms with E-state index in [4.69, 9.17) is 4.42 Å². The highest BCUT2D eigenvalue weighted by atomic mass is 16.4. The summed E-state index contributed by atoms with van der Waals surface area (Å²) in [6.07, 6.45) is 6.44. The minimum Gasteiger partial charge on any atom is -0.408 e. The molecule has 1 unspecified atom stereocenters. The molecule has 1 aromatic carbocycles. The molecule has 1 atom stereocenters. The van der Waals surface area contributed by atoms with E-state index in [9.17, 15) is 4.79 Å². The molecule has 0 bridgehead atoms. The number of hydrogen-bond acceptors (Lipinski definition) is 3. The molecule has 1 fully saturated rings. The first-order valence-electron chi connectivity index (χ1n) is 7.42. The van der Waals surface area contributed by atoms with E-state index in [1.165, 1.54) is 37.7 Å². The van der Waals surface area contributed by atoms with Crippen LogP contribution in [-0.2, 0) is 0 Å². The molecule has 108 valence electrons. The molecule has 0 aliphatic heterocycles. The number of oxazole rings is 1. The second kappa shape index (κ2) is 5.09. The van der Waals surface area contributed by atoms with Crippen LogP contribution in [0.5, 0.6) is 0 Å². The Labute approximate surface area is 118 Å². The van der Waals surface area contributed by atoms with Gasteiger partial charge in [0.2, 0.25) is 0 Å². The SMILES string of the molecule is CNC(c1ccc2[nH]c(=O)oc2c1)C1(C)CCCCC1. The third kappa shape index (κ3) is 2.29. The van der Waals surface area contributed by atoms with Crippen molar-refractivity contribution in [1.29, 1.82) is 0 Å². The molecule has 0 spiro atoms. The Morgan fingerprint density at radius 1 is 1.30 bits per heavy atom. The summed E-state index contributed by atoms with van der Waals surface area (Å²) < 4.78 is 5.18. The lowest BCUT2D eigenvalue weighted by Gasteiger charge is -2.41. The molecule has 1 aliphatic rings. The molecule has 4 heteroatoms. The summed E-state index contributed by atoms with van der Waals surface area (Å²) in [4.78, 5) is 14.0. The number of nitrogens with one attached hydrogen (secondary N) is 2. The van der Waals surface area contributed by atoms with Crippen molar-refractivity contribution in [2.75, 3.05) is 7.05 Å². The normalized spacial score (nSPS) is 20.1. The molecule has 1 heterocycles. The van der Waals surface area contributed by atoms with Gasteiger partial charge in [-0.15, -0.1) is 0 Å². The molecule has 1 aromatic heterocycles. The molecule has 2 aromatic rings. The highest BCUT2D eigenvalue weighted by Gasteiger charge is 2.35. The quantitative estimate of drug-likeness (QED) is 0.902. The summed E-state index contributed by atoms with van der Waals surface area (Å²) >= 11 is 0. The van der Waals surface area contributed by atoms with Gasteiger partial charge < -0.3 is 9.73 Å². The fourth-order valence-corrected chi connectivity index (χ4v) is 3.71. The van der Waals surface area contributed by atoms with Crippen molar-refractivity contribution >= 4 is 11.1 Å². The summed E-state index contributed by atoms with van der Waals surface area (Å²) in [5.41, 5.74) is 2.89. The molecule has 1 saturated carbocycles. The van der Waals surface area contributed by atoms with Gasteiger partial charge >= 0.3 is 5.76 Å². The highest BCUT2D eigenvalue weighted by molar-refractivity contribution is 5.72. The lowest BCUT2D eigenvalue weighted by molar-refractivity contribution is 0.150. The third-order valence-corrected chi connectivity index (χ3v) is 4.76. The molecular formula is C16H22N2O2. The molecule has 0 radical (unpaired) electrons. The number of fused-ring (bicyclic) bond motifs is 1. The zero-order valence-corrected chi connectivity index (χ0v) is 12.2. The number of H-pyrrole nitrogens is 1. The maximum absolute atomic E-state index is 11.3. The van der Waals surface area contributed by atoms with E-state index in [1.54, 1.807) is 0 Å². The lowest BCUT2D eigenvalue weighted by Crippen LogP contribution is -2.36. The standard InChI is InChI=1S/C16H22N2O2/c1-16(8-4-3-5-9-16)14(17-2)11-6-7-12-13(10-11)20-15(19)18-12/h6-7,10,14,17H,3-5,8-9H2,1-2H3,(H,18,19). The van der Waals surface area contributed by atoms with E-state index < -0.39 is 0 Å². The topological polar surface area (TPSA) is 58.0 Å². The van der Waals surface area contributed by atoms with Crippen LogP contribution in [0.2, 0.25) is 0 Å². The molecule has 4 nitrogen and oxygen atoms in total. The zero-order valence-electron chi connectivity index (χ0n) is 12.2. The molecule has 3 rings (SSSR count). The van der Waals surface area contributed by atoms with Crippen molar-refractivity contribution in [2.45, 2.75) is 45.1 Å². The van der Waals surface area contributed by atoms with Crippen molar-refractivity contribution in [3.63, 3.8) is 0 Å². The van der Waals surface area contributed by atoms with E-state index in [-0.39, 0.29) is 11.2 Å². The highest BCUT2D eigenvalue weighted by Crippen LogP contribution is 2.45. The van der Waals surface area contributed by atoms with E-state index in [1.807, 2.05) is 19.2 Å². The number of benzene rings is 1. The Morgan fingerprint density at radius 3 is 2.75 bits per heavy atom. The van der Waals surface area contributed by atoms with Crippen LogP contribution in [0, 0.1) is 5.41 Å². The predicted molar refractivity (Wildman–Crippen MR) is 79.8 cm³/mol. The van der Waals surface area contributed by atoms with E-state index in [2.05, 4.69) is 23.3 Å². The Balaban J connectivity index is 1.99. The summed E-state index contributed by atoms with van der Waals surface area (Å²) in [5, 5.41) is 3.47. The molecule has 20 heavy (non-hydrogen) atoms. The zero-order chi connectivity index (χ0) is 14.2. The number of hydrogen-bond donors (Lipinski definition) is 2. The van der Waals surface area contributed by atoms with Gasteiger partial charge in [0, 0.05) is 6.04 Å². The minimum atomic E-state index is -0.387. The minimum absolute atomic E-state index is 0.275. The van der Waals surface area contributed by atoms with Crippen LogP contribution in [0.1, 0.15) is 50.6 Å². The molecule has 0 amide bonds. The Bertz CT molecular complexity index is 650. The average molecular weight is 274 g/mol. The van der Waals surface area contributed by atoms with Gasteiger partial charge in [-0.25, -0.2) is 4.79 Å². The van der Waals surface area contributed by atoms with Gasteiger partial charge in [0.25, 0.3) is 0 Å². The first-order valence-corrected chi connectivity index (χ1v) is 7.42. The first kappa shape index (κ1) is 13.4. The van der Waals surface area contributed by atoms with E-state index in [0.717, 1.165) is 5.52 Å². The second-order valence-corrected chi connectivity index (χ2v) is 6.21. The van der Waals surface area contributed by atoms with Crippen LogP contribution in [0.4, 0.5) is 0 Å². The van der Waals surface area contributed by atoms with Crippen LogP contribution >= 0.6 is 0 Å². The van der Waals surface area contributed by atoms with Gasteiger partial charge in [0.05, 0.1) is 5.52 Å². The maximum Gasteiger partial charge on any atom is 0.417 e. The fraction of sp³-hybridized carbons (Fsp3) is 0.562. The first-order chi connectivity index (χ1) is 9.62. The van der Waals surface area contributed by atoms with Gasteiger partial charge in [-0.1, -0.05) is 32.3 Å². The number of aromatic nitrogens is 1. The van der Waals surface area contributed by atoms with Gasteiger partial charge in [0.1, 0.15) is 0 Å². The maximum atomic E-state index is 11.3. The van der Waals surface area contributed by atoms with Crippen molar-refractivity contribution < 1.29 is 4.42 Å². The molecular weight excluding hydrogens is 252 g/mol. The predicted octanol–water partition coefficient (Wildman–Crippen LogP) is 3.35. The third-order valence-electron chi connectivity index (χ3n) is 4.76. The Hall–Kier alpha value is -1.55. The van der Waals surface area contributed by atoms with Crippen molar-refractivity contribution in [3.05, 3.63) is 34.3 Å². The van der Waals surface area contributed by atoms with Crippen LogP contribution in [0.25, 0.3) is 11.1 Å². The van der Waals surface area contributed by atoms with Crippen LogP contribution in [0.3, 0.4) is 0 Å². The summed E-state index contributed by atoms with van der Waals surface area (Å²) in [6, 6.07) is 6.32. The molecule has 1 aliphatic carbocycles. The smallest absolute Gasteiger partial charge is 0.408 e. The van der Waals surface area contributed by atoms with Crippen LogP contribution in [0.15, 0.2) is 27.4 Å². The fourth-order valence-electron chi connectivity index (χ4n) is 3.71. The van der Waals surface area contributed by atoms with Gasteiger partial charge in [-0.05, 0) is 43.0 Å².